The highest BCUT2D eigenvalue weighted by molar-refractivity contribution is 8.50. The van der Waals surface area contributed by atoms with Gasteiger partial charge in [0.25, 0.3) is 0 Å². The number of nitrogens with zero attached hydrogens (tertiary/aromatic N) is 2. The van der Waals surface area contributed by atoms with E-state index in [0.717, 1.165) is 6.26 Å². The lowest BCUT2D eigenvalue weighted by atomic mass is 10.5. The van der Waals surface area contributed by atoms with Crippen LogP contribution in [0.2, 0.25) is 0 Å². The zero-order chi connectivity index (χ0) is 13.2. The molecule has 0 bridgehead atoms. The first-order valence-corrected chi connectivity index (χ1v) is 10.0. The number of hydrogen-bond donors (Lipinski definition) is 0. The number of rotatable bonds is 3. The highest BCUT2D eigenvalue weighted by Gasteiger charge is 2.47. The number of morpholine rings is 2. The number of ether oxygens (including phenoxy) is 2. The fraction of sp³-hybridized carbons (Fsp3) is 1.00. The molecule has 9 heteroatoms. The first kappa shape index (κ1) is 14.4. The van der Waals surface area contributed by atoms with Gasteiger partial charge in [-0.05, 0) is 0 Å². The Labute approximate surface area is 107 Å². The van der Waals surface area contributed by atoms with E-state index in [2.05, 4.69) is 0 Å². The Morgan fingerprint density at radius 2 is 1.22 bits per heavy atom. The van der Waals surface area contributed by atoms with Crippen LogP contribution in [0.5, 0.6) is 0 Å². The minimum absolute atomic E-state index is 0.391. The largest absolute Gasteiger partial charge is 0.379 e. The van der Waals surface area contributed by atoms with Crippen molar-refractivity contribution in [2.24, 2.45) is 0 Å². The summed E-state index contributed by atoms with van der Waals surface area (Å²) in [4.78, 5) is 0. The fourth-order valence-electron chi connectivity index (χ4n) is 2.21. The maximum absolute atomic E-state index is 13.1. The van der Waals surface area contributed by atoms with Gasteiger partial charge < -0.3 is 9.47 Å². The van der Waals surface area contributed by atoms with Gasteiger partial charge in [0, 0.05) is 32.4 Å². The number of hydrogen-bond acceptors (Lipinski definition) is 5. The molecule has 18 heavy (non-hydrogen) atoms. The van der Waals surface area contributed by atoms with Gasteiger partial charge in [-0.1, -0.05) is 0 Å². The molecule has 2 aliphatic heterocycles. The molecule has 7 nitrogen and oxygen atoms in total. The fourth-order valence-corrected chi connectivity index (χ4v) is 8.24. The lowest BCUT2D eigenvalue weighted by Crippen LogP contribution is -2.45. The van der Waals surface area contributed by atoms with Crippen LogP contribution in [0.15, 0.2) is 0 Å². The van der Waals surface area contributed by atoms with Crippen LogP contribution in [-0.2, 0) is 23.5 Å². The van der Waals surface area contributed by atoms with E-state index in [1.54, 1.807) is 9.34 Å². The van der Waals surface area contributed by atoms with Crippen LogP contribution >= 0.6 is 6.65 Å². The third-order valence-electron chi connectivity index (χ3n) is 3.12. The van der Waals surface area contributed by atoms with Crippen molar-refractivity contribution < 1.29 is 22.5 Å². The Balaban J connectivity index is 2.30. The molecule has 2 saturated heterocycles. The maximum Gasteiger partial charge on any atom is 0.327 e. The van der Waals surface area contributed by atoms with Gasteiger partial charge in [0.1, 0.15) is 0 Å². The highest BCUT2D eigenvalue weighted by Crippen LogP contribution is 2.58. The summed E-state index contributed by atoms with van der Waals surface area (Å²) in [5.74, 6) is 0. The van der Waals surface area contributed by atoms with E-state index in [4.69, 9.17) is 9.47 Å². The van der Waals surface area contributed by atoms with E-state index < -0.39 is 16.1 Å². The summed E-state index contributed by atoms with van der Waals surface area (Å²) in [7, 11) is -3.67. The van der Waals surface area contributed by atoms with Gasteiger partial charge >= 0.3 is 6.65 Å². The molecule has 0 N–H and O–H groups in total. The average molecular weight is 298 g/mol. The van der Waals surface area contributed by atoms with Crippen LogP contribution in [0, 0.1) is 0 Å². The third kappa shape index (κ3) is 2.64. The Morgan fingerprint density at radius 1 is 0.889 bits per heavy atom. The SMILES string of the molecule is CS(=O)(=O)P(=O)(N1CCOCC1)N1CCOCC1. The monoisotopic (exact) mass is 298 g/mol. The second kappa shape index (κ2) is 5.56. The summed E-state index contributed by atoms with van der Waals surface area (Å²) in [5.41, 5.74) is 0. The van der Waals surface area contributed by atoms with Crippen molar-refractivity contribution in [2.45, 2.75) is 0 Å². The van der Waals surface area contributed by atoms with Gasteiger partial charge in [0.15, 0.2) is 0 Å². The lowest BCUT2D eigenvalue weighted by Gasteiger charge is -2.40. The maximum atomic E-state index is 13.1. The molecule has 2 heterocycles. The minimum Gasteiger partial charge on any atom is -0.379 e. The Bertz CT molecular complexity index is 406. The van der Waals surface area contributed by atoms with Gasteiger partial charge in [-0.15, -0.1) is 0 Å². The van der Waals surface area contributed by atoms with Crippen LogP contribution < -0.4 is 0 Å². The summed E-state index contributed by atoms with van der Waals surface area (Å²) in [5, 5.41) is 0. The molecular weight excluding hydrogens is 279 g/mol. The van der Waals surface area contributed by atoms with Crippen molar-refractivity contribution in [3.05, 3.63) is 0 Å². The Morgan fingerprint density at radius 3 is 1.50 bits per heavy atom. The molecule has 0 aromatic rings. The van der Waals surface area contributed by atoms with Gasteiger partial charge in [0.2, 0.25) is 9.46 Å². The first-order chi connectivity index (χ1) is 8.46. The summed E-state index contributed by atoms with van der Waals surface area (Å²) < 4.78 is 50.7. The average Bonchev–Trinajstić information content (AvgIpc) is 2.38. The normalized spacial score (nSPS) is 25.2. The summed E-state index contributed by atoms with van der Waals surface area (Å²) in [6.45, 7) is -0.331. The van der Waals surface area contributed by atoms with Crippen molar-refractivity contribution in [2.75, 3.05) is 58.9 Å². The Kier molecular flexibility index (Phi) is 4.46. The van der Waals surface area contributed by atoms with E-state index in [9.17, 15) is 13.0 Å². The van der Waals surface area contributed by atoms with Crippen molar-refractivity contribution in [1.29, 1.82) is 0 Å². The summed E-state index contributed by atoms with van der Waals surface area (Å²) >= 11 is 0. The third-order valence-corrected chi connectivity index (χ3v) is 10.2. The van der Waals surface area contributed by atoms with E-state index in [0.29, 0.717) is 52.6 Å². The van der Waals surface area contributed by atoms with Crippen LogP contribution in [0.1, 0.15) is 0 Å². The van der Waals surface area contributed by atoms with Crippen molar-refractivity contribution in [1.82, 2.24) is 9.34 Å². The Hall–Kier alpha value is 0.0200. The van der Waals surface area contributed by atoms with Gasteiger partial charge in [-0.3, -0.25) is 4.57 Å². The van der Waals surface area contributed by atoms with Gasteiger partial charge in [-0.2, -0.15) is 0 Å². The minimum atomic E-state index is -3.67. The molecule has 0 aliphatic carbocycles. The molecule has 0 amide bonds. The first-order valence-electron chi connectivity index (χ1n) is 5.93. The van der Waals surface area contributed by atoms with Crippen LogP contribution in [0.3, 0.4) is 0 Å². The quantitative estimate of drug-likeness (QED) is 0.668. The molecule has 0 unspecified atom stereocenters. The second-order valence-electron chi connectivity index (χ2n) is 4.36. The second-order valence-corrected chi connectivity index (χ2v) is 11.4. The molecule has 0 aromatic heterocycles. The standard InChI is InChI=1S/C9H19N2O5PS/c1-18(13,14)17(12,10-2-6-15-7-3-10)11-4-8-16-9-5-11/h2-9H2,1H3. The van der Waals surface area contributed by atoms with Crippen molar-refractivity contribution >= 4 is 16.1 Å². The topological polar surface area (TPSA) is 76.2 Å². The van der Waals surface area contributed by atoms with E-state index in [1.807, 2.05) is 0 Å². The highest BCUT2D eigenvalue weighted by atomic mass is 32.8. The molecule has 0 spiro atoms. The summed E-state index contributed by atoms with van der Waals surface area (Å²) in [6, 6.07) is 0. The molecule has 106 valence electrons. The van der Waals surface area contributed by atoms with Crippen LogP contribution in [0.25, 0.3) is 0 Å². The van der Waals surface area contributed by atoms with Gasteiger partial charge in [0.05, 0.1) is 26.4 Å². The van der Waals surface area contributed by atoms with E-state index in [-0.39, 0.29) is 0 Å². The molecule has 2 aliphatic rings. The predicted octanol–water partition coefficient (Wildman–Crippen LogP) is -0.196. The predicted molar refractivity (Wildman–Crippen MR) is 67.2 cm³/mol. The molecule has 0 aromatic carbocycles. The molecule has 2 fully saturated rings. The summed E-state index contributed by atoms with van der Waals surface area (Å²) in [6.07, 6.45) is 1.05. The smallest absolute Gasteiger partial charge is 0.327 e. The van der Waals surface area contributed by atoms with Crippen molar-refractivity contribution in [3.8, 4) is 0 Å². The van der Waals surface area contributed by atoms with Crippen molar-refractivity contribution in [3.63, 3.8) is 0 Å². The van der Waals surface area contributed by atoms with Crippen LogP contribution in [0.4, 0.5) is 0 Å². The molecule has 0 radical (unpaired) electrons. The molecule has 2 rings (SSSR count). The molecule has 0 saturated carbocycles. The zero-order valence-electron chi connectivity index (χ0n) is 10.4. The lowest BCUT2D eigenvalue weighted by molar-refractivity contribution is 0.0546. The van der Waals surface area contributed by atoms with E-state index in [1.165, 1.54) is 0 Å². The molecule has 0 atom stereocenters. The van der Waals surface area contributed by atoms with E-state index >= 15 is 0 Å². The zero-order valence-corrected chi connectivity index (χ0v) is 12.2. The molecular formula is C9H19N2O5PS. The van der Waals surface area contributed by atoms with Gasteiger partial charge in [-0.25, -0.2) is 17.8 Å². The van der Waals surface area contributed by atoms with Crippen LogP contribution in [-0.4, -0.2) is 76.6 Å².